The third kappa shape index (κ3) is 5.84. The molecular weight excluding hydrogens is 508 g/mol. The highest BCUT2D eigenvalue weighted by Gasteiger charge is 2.33. The van der Waals surface area contributed by atoms with E-state index in [1.165, 1.54) is 9.21 Å². The summed E-state index contributed by atoms with van der Waals surface area (Å²) in [7, 11) is -0.652. The molecule has 2 heterocycles. The van der Waals surface area contributed by atoms with Crippen LogP contribution in [0.5, 0.6) is 0 Å². The Kier molecular flexibility index (Phi) is 8.22. The Hall–Kier alpha value is -2.23. The van der Waals surface area contributed by atoms with E-state index in [1.807, 2.05) is 12.1 Å². The standard InChI is InChI=1S/C26H32ClF2N3O3S/c1-30(2)26(33)22-5-4-21(17-23(22)27)31-11-7-18(8-12-31)15-19-9-13-32(14-10-19)36(34,35)25-16-20(28)3-6-24(25)29/h3-6,16-19H,7-15H2,1-2H3. The fourth-order valence-corrected chi connectivity index (χ4v) is 7.01. The number of amides is 1. The van der Waals surface area contributed by atoms with Gasteiger partial charge in [-0.05, 0) is 80.3 Å². The third-order valence-corrected chi connectivity index (χ3v) is 9.55. The van der Waals surface area contributed by atoms with Gasteiger partial charge < -0.3 is 9.80 Å². The predicted molar refractivity (Wildman–Crippen MR) is 137 cm³/mol. The quantitative estimate of drug-likeness (QED) is 0.517. The van der Waals surface area contributed by atoms with Crippen LogP contribution >= 0.6 is 11.6 Å². The number of anilines is 1. The second-order valence-corrected chi connectivity index (χ2v) is 12.3. The van der Waals surface area contributed by atoms with Gasteiger partial charge in [0.1, 0.15) is 16.5 Å². The summed E-state index contributed by atoms with van der Waals surface area (Å²) in [5.74, 6) is -0.844. The molecule has 1 amide bonds. The monoisotopic (exact) mass is 539 g/mol. The largest absolute Gasteiger partial charge is 0.371 e. The zero-order valence-electron chi connectivity index (χ0n) is 20.6. The van der Waals surface area contributed by atoms with Crippen molar-refractivity contribution in [1.29, 1.82) is 0 Å². The lowest BCUT2D eigenvalue weighted by molar-refractivity contribution is 0.0828. The molecule has 4 rings (SSSR count). The van der Waals surface area contributed by atoms with E-state index in [1.54, 1.807) is 20.2 Å². The Morgan fingerprint density at radius 1 is 0.972 bits per heavy atom. The normalized spacial score (nSPS) is 18.4. The van der Waals surface area contributed by atoms with Gasteiger partial charge in [0, 0.05) is 46.0 Å². The number of rotatable bonds is 6. The summed E-state index contributed by atoms with van der Waals surface area (Å²) < 4.78 is 54.5. The van der Waals surface area contributed by atoms with Gasteiger partial charge in [0.15, 0.2) is 0 Å². The summed E-state index contributed by atoms with van der Waals surface area (Å²) >= 11 is 6.38. The Labute approximate surface area is 216 Å². The van der Waals surface area contributed by atoms with Gasteiger partial charge in [-0.3, -0.25) is 4.79 Å². The number of benzene rings is 2. The first-order valence-corrected chi connectivity index (χ1v) is 14.1. The lowest BCUT2D eigenvalue weighted by Gasteiger charge is -2.37. The fraction of sp³-hybridized carbons (Fsp3) is 0.500. The molecule has 2 aliphatic rings. The van der Waals surface area contributed by atoms with Crippen molar-refractivity contribution in [3.63, 3.8) is 0 Å². The molecule has 10 heteroatoms. The molecule has 196 valence electrons. The minimum absolute atomic E-state index is 0.120. The van der Waals surface area contributed by atoms with Gasteiger partial charge in [0.25, 0.3) is 5.91 Å². The van der Waals surface area contributed by atoms with E-state index < -0.39 is 26.6 Å². The van der Waals surface area contributed by atoms with Gasteiger partial charge in [-0.25, -0.2) is 17.2 Å². The summed E-state index contributed by atoms with van der Waals surface area (Å²) in [5, 5.41) is 0.452. The molecule has 0 saturated carbocycles. The minimum Gasteiger partial charge on any atom is -0.371 e. The predicted octanol–water partition coefficient (Wildman–Crippen LogP) is 5.03. The first-order chi connectivity index (χ1) is 17.1. The van der Waals surface area contributed by atoms with E-state index in [-0.39, 0.29) is 5.91 Å². The third-order valence-electron chi connectivity index (χ3n) is 7.32. The van der Waals surface area contributed by atoms with E-state index >= 15 is 0 Å². The number of piperidine rings is 2. The van der Waals surface area contributed by atoms with Gasteiger partial charge >= 0.3 is 0 Å². The topological polar surface area (TPSA) is 60.9 Å². The number of carbonyl (C=O) groups excluding carboxylic acids is 1. The van der Waals surface area contributed by atoms with Crippen molar-refractivity contribution in [2.45, 2.75) is 37.0 Å². The van der Waals surface area contributed by atoms with E-state index in [0.717, 1.165) is 56.2 Å². The Morgan fingerprint density at radius 2 is 1.58 bits per heavy atom. The summed E-state index contributed by atoms with van der Waals surface area (Å²) in [4.78, 5) is 15.4. The van der Waals surface area contributed by atoms with Crippen LogP contribution in [-0.2, 0) is 10.0 Å². The zero-order valence-corrected chi connectivity index (χ0v) is 22.2. The first-order valence-electron chi connectivity index (χ1n) is 12.3. The van der Waals surface area contributed by atoms with Gasteiger partial charge in [-0.2, -0.15) is 4.31 Å². The highest BCUT2D eigenvalue weighted by Crippen LogP contribution is 2.34. The van der Waals surface area contributed by atoms with Crippen molar-refractivity contribution >= 4 is 33.2 Å². The number of halogens is 3. The maximum atomic E-state index is 14.1. The molecule has 2 saturated heterocycles. The summed E-state index contributed by atoms with van der Waals surface area (Å²) in [6.07, 6.45) is 4.53. The van der Waals surface area contributed by atoms with E-state index in [2.05, 4.69) is 4.90 Å². The molecule has 6 nitrogen and oxygen atoms in total. The summed E-state index contributed by atoms with van der Waals surface area (Å²) in [5.41, 5.74) is 1.51. The van der Waals surface area contributed by atoms with Crippen LogP contribution < -0.4 is 4.90 Å². The first kappa shape index (κ1) is 26.8. The van der Waals surface area contributed by atoms with Crippen LogP contribution in [0.1, 0.15) is 42.5 Å². The second kappa shape index (κ2) is 11.0. The van der Waals surface area contributed by atoms with Gasteiger partial charge in [0.2, 0.25) is 10.0 Å². The van der Waals surface area contributed by atoms with Crippen molar-refractivity contribution in [1.82, 2.24) is 9.21 Å². The molecule has 2 fully saturated rings. The average molecular weight is 540 g/mol. The van der Waals surface area contributed by atoms with Crippen LogP contribution in [0.4, 0.5) is 14.5 Å². The second-order valence-electron chi connectivity index (χ2n) is 9.95. The minimum atomic E-state index is -4.05. The lowest BCUT2D eigenvalue weighted by atomic mass is 9.83. The molecule has 0 aliphatic carbocycles. The molecular formula is C26H32ClF2N3O3S. The number of carbonyl (C=O) groups is 1. The van der Waals surface area contributed by atoms with Crippen LogP contribution in [0.2, 0.25) is 5.02 Å². The molecule has 0 unspecified atom stereocenters. The number of hydrogen-bond acceptors (Lipinski definition) is 4. The molecule has 2 aromatic carbocycles. The summed E-state index contributed by atoms with van der Waals surface area (Å²) in [6, 6.07) is 8.11. The fourth-order valence-electron chi connectivity index (χ4n) is 5.21. The van der Waals surface area contributed by atoms with Gasteiger partial charge in [0.05, 0.1) is 10.6 Å². The molecule has 36 heavy (non-hydrogen) atoms. The maximum Gasteiger partial charge on any atom is 0.254 e. The molecule has 0 aromatic heterocycles. The van der Waals surface area contributed by atoms with E-state index in [0.29, 0.717) is 48.4 Å². The zero-order chi connectivity index (χ0) is 26.0. The van der Waals surface area contributed by atoms with Crippen LogP contribution in [0.15, 0.2) is 41.3 Å². The maximum absolute atomic E-state index is 14.1. The lowest BCUT2D eigenvalue weighted by Crippen LogP contribution is -2.40. The average Bonchev–Trinajstić information content (AvgIpc) is 2.85. The van der Waals surface area contributed by atoms with Gasteiger partial charge in [-0.15, -0.1) is 0 Å². The van der Waals surface area contributed by atoms with Crippen LogP contribution in [0.3, 0.4) is 0 Å². The molecule has 2 aliphatic heterocycles. The van der Waals surface area contributed by atoms with Gasteiger partial charge in [-0.1, -0.05) is 11.6 Å². The van der Waals surface area contributed by atoms with Crippen molar-refractivity contribution in [2.75, 3.05) is 45.2 Å². The SMILES string of the molecule is CN(C)C(=O)c1ccc(N2CCC(CC3CCN(S(=O)(=O)c4cc(F)ccc4F)CC3)CC2)cc1Cl. The Balaban J connectivity index is 1.28. The number of nitrogens with zero attached hydrogens (tertiary/aromatic N) is 3. The molecule has 0 radical (unpaired) electrons. The van der Waals surface area contributed by atoms with Crippen molar-refractivity contribution in [3.8, 4) is 0 Å². The summed E-state index contributed by atoms with van der Waals surface area (Å²) in [6.45, 7) is 2.43. The smallest absolute Gasteiger partial charge is 0.254 e. The molecule has 2 aromatic rings. The van der Waals surface area contributed by atoms with E-state index in [9.17, 15) is 22.0 Å². The molecule has 0 spiro atoms. The number of sulfonamides is 1. The molecule has 0 atom stereocenters. The Morgan fingerprint density at radius 3 is 2.17 bits per heavy atom. The van der Waals surface area contributed by atoms with Crippen molar-refractivity contribution < 1.29 is 22.0 Å². The van der Waals surface area contributed by atoms with E-state index in [4.69, 9.17) is 11.6 Å². The highest BCUT2D eigenvalue weighted by atomic mass is 35.5. The number of hydrogen-bond donors (Lipinski definition) is 0. The molecule has 0 N–H and O–H groups in total. The molecule has 0 bridgehead atoms. The van der Waals surface area contributed by atoms with Crippen LogP contribution in [0, 0.1) is 23.5 Å². The van der Waals surface area contributed by atoms with Crippen molar-refractivity contribution in [3.05, 3.63) is 58.6 Å². The highest BCUT2D eigenvalue weighted by molar-refractivity contribution is 7.89. The van der Waals surface area contributed by atoms with Crippen LogP contribution in [0.25, 0.3) is 0 Å². The Bertz CT molecular complexity index is 1210. The van der Waals surface area contributed by atoms with Crippen LogP contribution in [-0.4, -0.2) is 63.8 Å². The van der Waals surface area contributed by atoms with Crippen molar-refractivity contribution in [2.24, 2.45) is 11.8 Å².